The van der Waals surface area contributed by atoms with Crippen LogP contribution in [0.4, 0.5) is 33.4 Å². The minimum Gasteiger partial charge on any atom is -0.311 e. The van der Waals surface area contributed by atoms with Crippen LogP contribution in [0.2, 0.25) is 0 Å². The van der Waals surface area contributed by atoms with Crippen molar-refractivity contribution in [3.63, 3.8) is 0 Å². The summed E-state index contributed by atoms with van der Waals surface area (Å²) >= 11 is 2.01. The number of rotatable bonds is 2. The number of anilines is 6. The van der Waals surface area contributed by atoms with Gasteiger partial charge in [0, 0.05) is 33.1 Å². The molecule has 4 heteroatoms. The molecular formula is C56H67BN2S. The third-order valence-electron chi connectivity index (χ3n) is 14.4. The zero-order chi connectivity index (χ0) is 43.3. The van der Waals surface area contributed by atoms with E-state index < -0.39 is 0 Å². The van der Waals surface area contributed by atoms with Crippen LogP contribution in [0.15, 0.2) is 91.0 Å². The molecule has 1 aliphatic carbocycles. The molecule has 0 saturated heterocycles. The fraction of sp³-hybridized carbons (Fsp3) is 0.429. The summed E-state index contributed by atoms with van der Waals surface area (Å²) in [5.41, 5.74) is 19.4. The molecule has 5 aromatic carbocycles. The smallest absolute Gasteiger partial charge is 0.254 e. The molecule has 3 heterocycles. The molecule has 2 nitrogen and oxygen atoms in total. The first kappa shape index (κ1) is 41.1. The summed E-state index contributed by atoms with van der Waals surface area (Å²) in [6, 6.07) is 36.7. The molecule has 0 spiro atoms. The maximum absolute atomic E-state index is 2.66. The SMILES string of the molecule is CC(C)(C)c1ccc(N2c3ccc(C(C)(C)C)cc3B3c4c2cc(C(C)(C)C)cc4N(c2ccc(C(C)(C)C)cc2)c2sc4cc5c(cc4c23)C(C)(C)CCC5(C)C)cc1. The number of benzene rings is 5. The van der Waals surface area contributed by atoms with E-state index in [2.05, 4.69) is 212 Å². The fourth-order valence-corrected chi connectivity index (χ4v) is 11.5. The highest BCUT2D eigenvalue weighted by Gasteiger charge is 2.47. The van der Waals surface area contributed by atoms with Crippen molar-refractivity contribution in [2.75, 3.05) is 9.80 Å². The highest BCUT2D eigenvalue weighted by Crippen LogP contribution is 2.53. The molecule has 2 aliphatic heterocycles. The Bertz CT molecular complexity index is 2680. The first-order valence-corrected chi connectivity index (χ1v) is 23.3. The summed E-state index contributed by atoms with van der Waals surface area (Å²) < 4.78 is 1.40. The van der Waals surface area contributed by atoms with Crippen LogP contribution in [-0.4, -0.2) is 6.71 Å². The minimum absolute atomic E-state index is 0.00283. The van der Waals surface area contributed by atoms with Gasteiger partial charge in [-0.25, -0.2) is 0 Å². The lowest BCUT2D eigenvalue weighted by Gasteiger charge is -2.45. The van der Waals surface area contributed by atoms with Crippen LogP contribution < -0.4 is 26.2 Å². The van der Waals surface area contributed by atoms with Gasteiger partial charge in [-0.2, -0.15) is 0 Å². The second-order valence-electron chi connectivity index (χ2n) is 23.9. The molecule has 6 aromatic rings. The second kappa shape index (κ2) is 13.1. The van der Waals surface area contributed by atoms with E-state index in [9.17, 15) is 0 Å². The van der Waals surface area contributed by atoms with Crippen LogP contribution in [0, 0.1) is 0 Å². The molecule has 1 aromatic heterocycles. The molecule has 60 heavy (non-hydrogen) atoms. The Morgan fingerprint density at radius 2 is 0.917 bits per heavy atom. The number of fused-ring (bicyclic) bond motifs is 7. The molecule has 0 unspecified atom stereocenters. The molecule has 0 bridgehead atoms. The van der Waals surface area contributed by atoms with Crippen LogP contribution in [0.5, 0.6) is 0 Å². The lowest BCUT2D eigenvalue weighted by atomic mass is 9.33. The Hall–Kier alpha value is -4.28. The predicted octanol–water partition coefficient (Wildman–Crippen LogP) is 14.5. The van der Waals surface area contributed by atoms with E-state index >= 15 is 0 Å². The van der Waals surface area contributed by atoms with Crippen LogP contribution in [0.3, 0.4) is 0 Å². The van der Waals surface area contributed by atoms with E-state index in [1.165, 1.54) is 106 Å². The molecule has 3 aliphatic rings. The number of thiophene rings is 1. The molecule has 0 saturated carbocycles. The van der Waals surface area contributed by atoms with Crippen molar-refractivity contribution >= 4 is 78.0 Å². The lowest BCUT2D eigenvalue weighted by molar-refractivity contribution is 0.332. The van der Waals surface area contributed by atoms with Gasteiger partial charge in [0.1, 0.15) is 0 Å². The van der Waals surface area contributed by atoms with E-state index in [-0.39, 0.29) is 39.2 Å². The third-order valence-corrected chi connectivity index (χ3v) is 15.5. The van der Waals surface area contributed by atoms with E-state index in [4.69, 9.17) is 0 Å². The topological polar surface area (TPSA) is 6.48 Å². The van der Waals surface area contributed by atoms with Gasteiger partial charge in [-0.1, -0.05) is 147 Å². The van der Waals surface area contributed by atoms with Crippen molar-refractivity contribution in [2.45, 2.75) is 156 Å². The van der Waals surface area contributed by atoms with Gasteiger partial charge in [-0.05, 0) is 155 Å². The zero-order valence-corrected chi connectivity index (χ0v) is 40.3. The molecule has 310 valence electrons. The summed E-state index contributed by atoms with van der Waals surface area (Å²) in [5, 5.41) is 2.78. The summed E-state index contributed by atoms with van der Waals surface area (Å²) in [5.74, 6) is 0. The maximum atomic E-state index is 2.66. The Morgan fingerprint density at radius 3 is 1.42 bits per heavy atom. The fourth-order valence-electron chi connectivity index (χ4n) is 10.2. The van der Waals surface area contributed by atoms with Crippen molar-refractivity contribution in [1.29, 1.82) is 0 Å². The Labute approximate surface area is 366 Å². The predicted molar refractivity (Wildman–Crippen MR) is 266 cm³/mol. The quantitative estimate of drug-likeness (QED) is 0.161. The van der Waals surface area contributed by atoms with Gasteiger partial charge >= 0.3 is 0 Å². The van der Waals surface area contributed by atoms with E-state index in [1.54, 1.807) is 0 Å². The van der Waals surface area contributed by atoms with Crippen LogP contribution >= 0.6 is 11.3 Å². The molecule has 0 fully saturated rings. The van der Waals surface area contributed by atoms with E-state index in [0.29, 0.717) is 0 Å². The average Bonchev–Trinajstić information content (AvgIpc) is 3.52. The van der Waals surface area contributed by atoms with Gasteiger partial charge < -0.3 is 9.80 Å². The molecule has 9 rings (SSSR count). The standard InChI is InChI=1S/C56H67BN2S/c1-51(2,3)34-17-22-38(23-18-34)58-44-26-21-36(53(7,8)9)29-43(44)57-48-40-32-41-42(56(15,16)28-27-55(41,13)14)33-47(40)60-50(48)59(39-24-19-35(20-25-39)52(4,5)6)46-31-37(54(10,11)12)30-45(58)49(46)57/h17-26,29-33H,27-28H2,1-16H3. The first-order valence-electron chi connectivity index (χ1n) is 22.5. The largest absolute Gasteiger partial charge is 0.311 e. The summed E-state index contributed by atoms with van der Waals surface area (Å²) in [6.07, 6.45) is 2.40. The molecule has 0 radical (unpaired) electrons. The highest BCUT2D eigenvalue weighted by atomic mass is 32.1. The molecular weight excluding hydrogens is 744 g/mol. The van der Waals surface area contributed by atoms with Crippen LogP contribution in [-0.2, 0) is 32.5 Å². The number of hydrogen-bond acceptors (Lipinski definition) is 3. The molecule has 0 atom stereocenters. The van der Waals surface area contributed by atoms with Crippen molar-refractivity contribution in [3.05, 3.63) is 124 Å². The zero-order valence-electron chi connectivity index (χ0n) is 39.5. The van der Waals surface area contributed by atoms with Crippen LogP contribution in [0.1, 0.15) is 157 Å². The van der Waals surface area contributed by atoms with Gasteiger partial charge in [0.05, 0.1) is 5.00 Å². The maximum Gasteiger partial charge on any atom is 0.254 e. The van der Waals surface area contributed by atoms with Crippen molar-refractivity contribution in [2.24, 2.45) is 0 Å². The van der Waals surface area contributed by atoms with Gasteiger partial charge in [-0.3, -0.25) is 0 Å². The Kier molecular flexibility index (Phi) is 8.99. The monoisotopic (exact) mass is 811 g/mol. The normalized spacial score (nSPS) is 17.0. The van der Waals surface area contributed by atoms with Crippen molar-refractivity contribution < 1.29 is 0 Å². The average molecular weight is 811 g/mol. The molecule has 0 N–H and O–H groups in total. The van der Waals surface area contributed by atoms with Gasteiger partial charge in [0.15, 0.2) is 0 Å². The van der Waals surface area contributed by atoms with E-state index in [0.717, 1.165) is 0 Å². The van der Waals surface area contributed by atoms with Gasteiger partial charge in [0.25, 0.3) is 6.71 Å². The molecule has 0 amide bonds. The highest BCUT2D eigenvalue weighted by molar-refractivity contribution is 7.26. The third kappa shape index (κ3) is 6.49. The minimum atomic E-state index is -0.0718. The summed E-state index contributed by atoms with van der Waals surface area (Å²) in [6.45, 7) is 38.0. The van der Waals surface area contributed by atoms with Crippen LogP contribution in [0.25, 0.3) is 10.1 Å². The van der Waals surface area contributed by atoms with Gasteiger partial charge in [-0.15, -0.1) is 11.3 Å². The number of hydrogen-bond donors (Lipinski definition) is 0. The summed E-state index contributed by atoms with van der Waals surface area (Å²) in [4.78, 5) is 5.26. The lowest BCUT2D eigenvalue weighted by Crippen LogP contribution is -2.61. The summed E-state index contributed by atoms with van der Waals surface area (Å²) in [7, 11) is 0. The van der Waals surface area contributed by atoms with Crippen molar-refractivity contribution in [3.8, 4) is 0 Å². The Balaban J connectivity index is 1.43. The first-order chi connectivity index (χ1) is 27.8. The number of nitrogens with zero attached hydrogens (tertiary/aromatic N) is 2. The van der Waals surface area contributed by atoms with E-state index in [1.807, 2.05) is 11.3 Å². The van der Waals surface area contributed by atoms with Gasteiger partial charge in [0.2, 0.25) is 0 Å². The van der Waals surface area contributed by atoms with Crippen molar-refractivity contribution in [1.82, 2.24) is 0 Å². The second-order valence-corrected chi connectivity index (χ2v) is 24.9. The Morgan fingerprint density at radius 1 is 0.467 bits per heavy atom.